The van der Waals surface area contributed by atoms with Crippen molar-refractivity contribution >= 4 is 12.3 Å². The second-order valence-electron chi connectivity index (χ2n) is 0.568. The van der Waals surface area contributed by atoms with Crippen molar-refractivity contribution in [3.8, 4) is 0 Å². The van der Waals surface area contributed by atoms with Gasteiger partial charge in [0.1, 0.15) is 0 Å². The molecule has 1 aliphatic rings. The minimum atomic E-state index is -0.972. The van der Waals surface area contributed by atoms with Crippen LogP contribution in [0.1, 0.15) is 0 Å². The van der Waals surface area contributed by atoms with Crippen molar-refractivity contribution in [2.75, 3.05) is 0 Å². The first-order valence-corrected chi connectivity index (χ1v) is 1.73. The summed E-state index contributed by atoms with van der Waals surface area (Å²) in [6.45, 7) is -0.972. The number of rotatable bonds is 0. The molecule has 3 nitrogen and oxygen atoms in total. The van der Waals surface area contributed by atoms with Crippen molar-refractivity contribution in [1.29, 1.82) is 0 Å². The molecule has 1 heterocycles. The van der Waals surface area contributed by atoms with Crippen molar-refractivity contribution in [1.82, 2.24) is 0 Å². The molecule has 0 bridgehead atoms. The van der Waals surface area contributed by atoms with Gasteiger partial charge in [-0.25, -0.2) is 8.37 Å². The van der Waals surface area contributed by atoms with Crippen molar-refractivity contribution in [3.05, 3.63) is 0 Å². The van der Waals surface area contributed by atoms with Crippen molar-refractivity contribution in [2.45, 2.75) is 6.48 Å². The van der Waals surface area contributed by atoms with Crippen LogP contribution in [-0.4, -0.2) is 11.6 Å². The normalized spacial score (nSPS) is 21.5. The Hall–Kier alpha value is 0.853. The Labute approximate surface area is 52.2 Å². The quantitative estimate of drug-likeness (QED) is 0.395. The molecule has 0 aromatic rings. The van der Waals surface area contributed by atoms with Gasteiger partial charge in [-0.3, -0.25) is 0 Å². The maximum atomic E-state index is 7.98. The third-order valence-corrected chi connectivity index (χ3v) is 0.730. The van der Waals surface area contributed by atoms with Crippen LogP contribution >= 0.6 is 12.3 Å². The van der Waals surface area contributed by atoms with E-state index in [1.165, 1.54) is 0 Å². The van der Waals surface area contributed by atoms with E-state index in [0.29, 0.717) is 0 Å². The van der Waals surface area contributed by atoms with E-state index in [0.717, 1.165) is 12.3 Å². The van der Waals surface area contributed by atoms with E-state index >= 15 is 0 Å². The number of aliphatic hydroxyl groups is 1. The Bertz CT molecular complexity index is 37.8. The van der Waals surface area contributed by atoms with Gasteiger partial charge in [0.15, 0.2) is 12.3 Å². The summed E-state index contributed by atoms with van der Waals surface area (Å²) in [6.07, 6.45) is 0. The van der Waals surface area contributed by atoms with Crippen molar-refractivity contribution in [2.24, 2.45) is 0 Å². The first-order valence-electron chi connectivity index (χ1n) is 1.06. The van der Waals surface area contributed by atoms with Gasteiger partial charge in [0.2, 0.25) is 0 Å². The van der Waals surface area contributed by atoms with Gasteiger partial charge in [-0.2, -0.15) is 0 Å². The van der Waals surface area contributed by atoms with Crippen LogP contribution in [0.25, 0.3) is 0 Å². The SMILES string of the molecule is OC1OSO1.[Zn]. The van der Waals surface area contributed by atoms with Gasteiger partial charge in [-0.15, -0.1) is 0 Å². The summed E-state index contributed by atoms with van der Waals surface area (Å²) in [6, 6.07) is 0. The molecule has 1 aliphatic heterocycles. The predicted molar refractivity (Wildman–Crippen MR) is 15.8 cm³/mol. The van der Waals surface area contributed by atoms with Crippen LogP contribution < -0.4 is 0 Å². The molecule has 0 radical (unpaired) electrons. The fourth-order valence-corrected chi connectivity index (χ4v) is 0.223. The summed E-state index contributed by atoms with van der Waals surface area (Å²) in [5, 5.41) is 7.98. The van der Waals surface area contributed by atoms with E-state index in [1.54, 1.807) is 0 Å². The average Bonchev–Trinajstić information content (AvgIpc) is 1.30. The molecule has 1 rings (SSSR count). The fourth-order valence-electron chi connectivity index (χ4n) is 0.0744. The standard InChI is InChI=1S/CH2O3S.Zn/c2-1-3-5-4-1;/h1-2H;. The second-order valence-corrected chi connectivity index (χ2v) is 1.09. The van der Waals surface area contributed by atoms with E-state index in [-0.39, 0.29) is 19.5 Å². The van der Waals surface area contributed by atoms with E-state index in [1.807, 2.05) is 0 Å². The molecule has 32 valence electrons. The first kappa shape index (κ1) is 6.85. The van der Waals surface area contributed by atoms with Crippen molar-refractivity contribution in [3.63, 3.8) is 0 Å². The van der Waals surface area contributed by atoms with Crippen LogP contribution in [0.15, 0.2) is 0 Å². The molecule has 6 heavy (non-hydrogen) atoms. The molecule has 5 heteroatoms. The molecule has 0 aromatic carbocycles. The Kier molecular flexibility index (Phi) is 3.35. The first-order chi connectivity index (χ1) is 2.39. The van der Waals surface area contributed by atoms with Crippen LogP contribution in [0.5, 0.6) is 0 Å². The van der Waals surface area contributed by atoms with E-state index in [9.17, 15) is 0 Å². The third kappa shape index (κ3) is 1.53. The topological polar surface area (TPSA) is 38.7 Å². The molecule has 0 unspecified atom stereocenters. The van der Waals surface area contributed by atoms with Crippen LogP contribution in [-0.2, 0) is 27.8 Å². The predicted octanol–water partition coefficient (Wildman–Crippen LogP) is -0.130. The third-order valence-electron chi connectivity index (χ3n) is 0.243. The van der Waals surface area contributed by atoms with Crippen LogP contribution in [0, 0.1) is 0 Å². The minimum absolute atomic E-state index is 0. The fraction of sp³-hybridized carbons (Fsp3) is 1.00. The Morgan fingerprint density at radius 2 is 1.83 bits per heavy atom. The monoisotopic (exact) mass is 158 g/mol. The molecule has 1 N–H and O–H groups in total. The average molecular weight is 159 g/mol. The molecule has 0 atom stereocenters. The van der Waals surface area contributed by atoms with Gasteiger partial charge < -0.3 is 5.11 Å². The van der Waals surface area contributed by atoms with Crippen molar-refractivity contribution < 1.29 is 33.0 Å². The molecule has 0 aromatic heterocycles. The maximum Gasteiger partial charge on any atom is 0.295 e. The number of aliphatic hydroxyl groups excluding tert-OH is 1. The summed E-state index contributed by atoms with van der Waals surface area (Å²) < 4.78 is 8.36. The van der Waals surface area contributed by atoms with Gasteiger partial charge in [-0.1, -0.05) is 0 Å². The Morgan fingerprint density at radius 3 is 1.83 bits per heavy atom. The van der Waals surface area contributed by atoms with Gasteiger partial charge in [0.05, 0.1) is 0 Å². The molecule has 0 amide bonds. The van der Waals surface area contributed by atoms with E-state index < -0.39 is 6.48 Å². The Balaban J connectivity index is 0.000000250. The molecule has 0 spiro atoms. The largest absolute Gasteiger partial charge is 0.344 e. The van der Waals surface area contributed by atoms with Gasteiger partial charge in [0.25, 0.3) is 6.48 Å². The molecule has 1 fully saturated rings. The zero-order valence-corrected chi connectivity index (χ0v) is 6.74. The summed E-state index contributed by atoms with van der Waals surface area (Å²) in [5.74, 6) is 0. The second kappa shape index (κ2) is 2.94. The summed E-state index contributed by atoms with van der Waals surface area (Å²) in [7, 11) is 0. The van der Waals surface area contributed by atoms with Gasteiger partial charge in [-0.05, 0) is 0 Å². The van der Waals surface area contributed by atoms with E-state index in [2.05, 4.69) is 8.37 Å². The number of hydrogen-bond donors (Lipinski definition) is 1. The summed E-state index contributed by atoms with van der Waals surface area (Å²) in [4.78, 5) is 0. The minimum Gasteiger partial charge on any atom is -0.344 e. The zero-order chi connectivity index (χ0) is 3.70. The van der Waals surface area contributed by atoms with E-state index in [4.69, 9.17) is 5.11 Å². The summed E-state index contributed by atoms with van der Waals surface area (Å²) >= 11 is 0.795. The van der Waals surface area contributed by atoms with Gasteiger partial charge in [0, 0.05) is 19.5 Å². The molecule has 0 saturated carbocycles. The smallest absolute Gasteiger partial charge is 0.295 e. The van der Waals surface area contributed by atoms with Crippen LogP contribution in [0.2, 0.25) is 0 Å². The summed E-state index contributed by atoms with van der Waals surface area (Å²) in [5.41, 5.74) is 0. The molecule has 0 aliphatic carbocycles. The van der Waals surface area contributed by atoms with Crippen LogP contribution in [0.4, 0.5) is 0 Å². The maximum absolute atomic E-state index is 7.98. The molecular formula is CH2O3SZn. The Morgan fingerprint density at radius 1 is 1.50 bits per heavy atom. The van der Waals surface area contributed by atoms with Gasteiger partial charge >= 0.3 is 0 Å². The molecule has 1 saturated heterocycles. The molecular weight excluding hydrogens is 157 g/mol. The number of hydrogen-bond acceptors (Lipinski definition) is 4. The zero-order valence-electron chi connectivity index (χ0n) is 2.96. The van der Waals surface area contributed by atoms with Crippen LogP contribution in [0.3, 0.4) is 0 Å².